The molecule has 11 heteroatoms. The molecule has 0 aliphatic heterocycles. The lowest BCUT2D eigenvalue weighted by Crippen LogP contribution is -2.28. The average molecular weight is 483 g/mol. The topological polar surface area (TPSA) is 122 Å². The summed E-state index contributed by atoms with van der Waals surface area (Å²) in [6.07, 6.45) is 0. The fourth-order valence-electron chi connectivity index (χ4n) is 3.66. The summed E-state index contributed by atoms with van der Waals surface area (Å²) in [5.41, 5.74) is 1.81. The molecule has 176 valence electrons. The molecule has 34 heavy (non-hydrogen) atoms. The summed E-state index contributed by atoms with van der Waals surface area (Å²) in [6.45, 7) is 5.16. The monoisotopic (exact) mass is 482 g/mol. The second-order valence-corrected chi connectivity index (χ2v) is 8.21. The Balaban J connectivity index is 2.03. The fraction of sp³-hybridized carbons (Fsp3) is 0.304. The molecule has 0 N–H and O–H groups in total. The van der Waals surface area contributed by atoms with Crippen molar-refractivity contribution in [1.29, 1.82) is 0 Å². The summed E-state index contributed by atoms with van der Waals surface area (Å²) in [5.74, 6) is -0.458. The van der Waals surface area contributed by atoms with Crippen LogP contribution in [0.3, 0.4) is 0 Å². The Kier molecular flexibility index (Phi) is 6.55. The first-order chi connectivity index (χ1) is 16.4. The summed E-state index contributed by atoms with van der Waals surface area (Å²) in [4.78, 5) is 43.0. The number of aromatic nitrogens is 4. The number of aryl methyl sites for hydroxylation is 1. The van der Waals surface area contributed by atoms with Gasteiger partial charge in [0.05, 0.1) is 31.6 Å². The number of methoxy groups -OCH3 is 1. The molecule has 0 unspecified atom stereocenters. The van der Waals surface area contributed by atoms with Gasteiger partial charge in [0.1, 0.15) is 27.3 Å². The molecule has 0 bridgehead atoms. The van der Waals surface area contributed by atoms with Crippen LogP contribution < -0.4 is 10.3 Å². The van der Waals surface area contributed by atoms with Crippen molar-refractivity contribution in [3.63, 3.8) is 0 Å². The highest BCUT2D eigenvalue weighted by Gasteiger charge is 2.26. The Labute approximate surface area is 198 Å². The zero-order valence-electron chi connectivity index (χ0n) is 19.1. The van der Waals surface area contributed by atoms with Gasteiger partial charge in [-0.3, -0.25) is 9.59 Å². The van der Waals surface area contributed by atoms with Crippen LogP contribution in [0.4, 0.5) is 0 Å². The van der Waals surface area contributed by atoms with Gasteiger partial charge in [-0.2, -0.15) is 4.68 Å². The average Bonchev–Trinajstić information content (AvgIpc) is 3.19. The highest BCUT2D eigenvalue weighted by Crippen LogP contribution is 2.40. The number of rotatable bonds is 7. The maximum atomic E-state index is 13.1. The minimum Gasteiger partial charge on any atom is -0.497 e. The molecule has 0 saturated carbocycles. The summed E-state index contributed by atoms with van der Waals surface area (Å²) in [5, 5.41) is 8.70. The van der Waals surface area contributed by atoms with Crippen LogP contribution in [0.15, 0.2) is 29.1 Å². The second-order valence-electron chi connectivity index (χ2n) is 7.21. The Bertz CT molecular complexity index is 1460. The SMILES string of the molecule is CCOC(=O)Cn1nnc2c(sc3nc(C)c(C(=O)OCC)c(-c4ccc(OC)cc4)c32)c1=O. The molecule has 0 radical (unpaired) electrons. The Morgan fingerprint density at radius 2 is 1.79 bits per heavy atom. The highest BCUT2D eigenvalue weighted by molar-refractivity contribution is 7.25. The fourth-order valence-corrected chi connectivity index (χ4v) is 4.77. The molecule has 3 aromatic heterocycles. The number of carbonyl (C=O) groups excluding carboxylic acids is 2. The number of ether oxygens (including phenoxy) is 3. The van der Waals surface area contributed by atoms with Crippen LogP contribution in [0.5, 0.6) is 5.75 Å². The molecule has 4 rings (SSSR count). The first-order valence-corrected chi connectivity index (χ1v) is 11.4. The molecule has 0 fully saturated rings. The predicted octanol–water partition coefficient (Wildman–Crippen LogP) is 3.13. The molecular weight excluding hydrogens is 460 g/mol. The zero-order chi connectivity index (χ0) is 24.4. The summed E-state index contributed by atoms with van der Waals surface area (Å²) < 4.78 is 16.7. The number of carbonyl (C=O) groups is 2. The quantitative estimate of drug-likeness (QED) is 0.366. The molecule has 0 amide bonds. The standard InChI is InChI=1S/C23H22N4O6S/c1-5-32-15(28)11-27-22(29)20-19(25-26-27)18-17(13-7-9-14(31-4)10-8-13)16(23(30)33-6-2)12(3)24-21(18)34-20/h7-10H,5-6,11H2,1-4H3. The largest absolute Gasteiger partial charge is 0.497 e. The molecule has 4 aromatic rings. The summed E-state index contributed by atoms with van der Waals surface area (Å²) >= 11 is 1.13. The van der Waals surface area contributed by atoms with Crippen LogP contribution in [-0.4, -0.2) is 52.2 Å². The van der Waals surface area contributed by atoms with E-state index in [2.05, 4.69) is 15.3 Å². The number of thiophene rings is 1. The van der Waals surface area contributed by atoms with Gasteiger partial charge in [0.15, 0.2) is 0 Å². The Morgan fingerprint density at radius 1 is 1.09 bits per heavy atom. The predicted molar refractivity (Wildman–Crippen MR) is 126 cm³/mol. The lowest BCUT2D eigenvalue weighted by Gasteiger charge is -2.13. The third-order valence-corrected chi connectivity index (χ3v) is 6.18. The highest BCUT2D eigenvalue weighted by atomic mass is 32.1. The first-order valence-electron chi connectivity index (χ1n) is 10.6. The van der Waals surface area contributed by atoms with Gasteiger partial charge in [0.25, 0.3) is 5.56 Å². The molecular formula is C23H22N4O6S. The van der Waals surface area contributed by atoms with Crippen LogP contribution in [-0.2, 0) is 20.8 Å². The second kappa shape index (κ2) is 9.56. The van der Waals surface area contributed by atoms with Crippen molar-refractivity contribution in [3.05, 3.63) is 45.9 Å². The van der Waals surface area contributed by atoms with E-state index in [0.29, 0.717) is 38.3 Å². The van der Waals surface area contributed by atoms with Crippen molar-refractivity contribution in [2.75, 3.05) is 20.3 Å². The van der Waals surface area contributed by atoms with Crippen molar-refractivity contribution in [1.82, 2.24) is 20.0 Å². The number of pyridine rings is 1. The van der Waals surface area contributed by atoms with E-state index >= 15 is 0 Å². The van der Waals surface area contributed by atoms with Gasteiger partial charge >= 0.3 is 11.9 Å². The minimum atomic E-state index is -0.586. The Morgan fingerprint density at radius 3 is 2.44 bits per heavy atom. The number of benzene rings is 1. The maximum absolute atomic E-state index is 13.1. The van der Waals surface area contributed by atoms with Gasteiger partial charge in [0.2, 0.25) is 0 Å². The number of hydrogen-bond acceptors (Lipinski definition) is 10. The number of fused-ring (bicyclic) bond motifs is 3. The molecule has 3 heterocycles. The number of hydrogen-bond donors (Lipinski definition) is 0. The molecule has 1 aromatic carbocycles. The van der Waals surface area contributed by atoms with Gasteiger partial charge in [-0.25, -0.2) is 9.78 Å². The van der Waals surface area contributed by atoms with Crippen LogP contribution in [0, 0.1) is 6.92 Å². The third kappa shape index (κ3) is 4.10. The normalized spacial score (nSPS) is 11.1. The van der Waals surface area contributed by atoms with E-state index in [1.807, 2.05) is 12.1 Å². The van der Waals surface area contributed by atoms with Crippen molar-refractivity contribution < 1.29 is 23.8 Å². The smallest absolute Gasteiger partial charge is 0.340 e. The van der Waals surface area contributed by atoms with E-state index < -0.39 is 17.5 Å². The van der Waals surface area contributed by atoms with Gasteiger partial charge in [-0.05, 0) is 38.5 Å². The lowest BCUT2D eigenvalue weighted by molar-refractivity contribution is -0.144. The van der Waals surface area contributed by atoms with Crippen molar-refractivity contribution >= 4 is 43.7 Å². The third-order valence-electron chi connectivity index (χ3n) is 5.12. The minimum absolute atomic E-state index is 0.192. The van der Waals surface area contributed by atoms with Gasteiger partial charge < -0.3 is 14.2 Å². The summed E-state index contributed by atoms with van der Waals surface area (Å²) in [7, 11) is 1.57. The molecule has 10 nitrogen and oxygen atoms in total. The van der Waals surface area contributed by atoms with Crippen LogP contribution in [0.25, 0.3) is 31.6 Å². The van der Waals surface area contributed by atoms with Crippen molar-refractivity contribution in [2.24, 2.45) is 0 Å². The number of esters is 2. The van der Waals surface area contributed by atoms with Crippen molar-refractivity contribution in [3.8, 4) is 16.9 Å². The van der Waals surface area contributed by atoms with Crippen LogP contribution >= 0.6 is 11.3 Å². The molecule has 0 spiro atoms. The molecule has 0 aliphatic carbocycles. The molecule has 0 saturated heterocycles. The van der Waals surface area contributed by atoms with Gasteiger partial charge in [0, 0.05) is 10.9 Å². The van der Waals surface area contributed by atoms with Crippen LogP contribution in [0.2, 0.25) is 0 Å². The first kappa shape index (κ1) is 23.3. The van der Waals surface area contributed by atoms with E-state index in [4.69, 9.17) is 14.2 Å². The Hall–Kier alpha value is -3.86. The van der Waals surface area contributed by atoms with Crippen molar-refractivity contribution in [2.45, 2.75) is 27.3 Å². The maximum Gasteiger partial charge on any atom is 0.340 e. The zero-order valence-corrected chi connectivity index (χ0v) is 19.9. The van der Waals surface area contributed by atoms with Crippen LogP contribution in [0.1, 0.15) is 29.9 Å². The lowest BCUT2D eigenvalue weighted by atomic mass is 9.95. The van der Waals surface area contributed by atoms with E-state index in [9.17, 15) is 14.4 Å². The molecule has 0 atom stereocenters. The van der Waals surface area contributed by atoms with Gasteiger partial charge in [-0.1, -0.05) is 17.3 Å². The van der Waals surface area contributed by atoms with E-state index in [0.717, 1.165) is 16.0 Å². The number of nitrogens with zero attached hydrogens (tertiary/aromatic N) is 4. The van der Waals surface area contributed by atoms with Gasteiger partial charge in [-0.15, -0.1) is 16.4 Å². The van der Waals surface area contributed by atoms with E-state index in [1.165, 1.54) is 0 Å². The van der Waals surface area contributed by atoms with E-state index in [1.54, 1.807) is 40.0 Å². The van der Waals surface area contributed by atoms with E-state index in [-0.39, 0.29) is 30.0 Å². The summed E-state index contributed by atoms with van der Waals surface area (Å²) in [6, 6.07) is 7.18. The molecule has 0 aliphatic rings.